The van der Waals surface area contributed by atoms with E-state index in [-0.39, 0.29) is 11.7 Å². The second-order valence-electron chi connectivity index (χ2n) is 4.91. The van der Waals surface area contributed by atoms with Gasteiger partial charge < -0.3 is 14.8 Å². The zero-order chi connectivity index (χ0) is 17.4. The van der Waals surface area contributed by atoms with Gasteiger partial charge in [0.15, 0.2) is 11.5 Å². The second kappa shape index (κ2) is 8.72. The molecule has 2 aromatic rings. The van der Waals surface area contributed by atoms with Crippen molar-refractivity contribution in [2.45, 2.75) is 13.8 Å². The third kappa shape index (κ3) is 5.12. The summed E-state index contributed by atoms with van der Waals surface area (Å²) in [5, 5.41) is 2.74. The molecule has 0 unspecified atom stereocenters. The van der Waals surface area contributed by atoms with E-state index in [1.54, 1.807) is 36.4 Å². The Balaban J connectivity index is 2.06. The molecular formula is C19H20FNO3. The fourth-order valence-corrected chi connectivity index (χ4v) is 2.09. The fourth-order valence-electron chi connectivity index (χ4n) is 2.09. The number of rotatable bonds is 7. The summed E-state index contributed by atoms with van der Waals surface area (Å²) in [4.78, 5) is 12.0. The number of hydrogen-bond donors (Lipinski definition) is 1. The van der Waals surface area contributed by atoms with Crippen LogP contribution in [0.1, 0.15) is 19.4 Å². The molecule has 0 radical (unpaired) electrons. The smallest absolute Gasteiger partial charge is 0.248 e. The molecule has 24 heavy (non-hydrogen) atoms. The summed E-state index contributed by atoms with van der Waals surface area (Å²) in [6.07, 6.45) is 2.90. The maximum Gasteiger partial charge on any atom is 0.248 e. The van der Waals surface area contributed by atoms with Gasteiger partial charge in [-0.3, -0.25) is 4.79 Å². The average molecular weight is 329 g/mol. The van der Waals surface area contributed by atoms with Crippen molar-refractivity contribution in [3.8, 4) is 11.5 Å². The van der Waals surface area contributed by atoms with Gasteiger partial charge >= 0.3 is 0 Å². The van der Waals surface area contributed by atoms with Gasteiger partial charge in [0.25, 0.3) is 0 Å². The molecule has 0 atom stereocenters. The second-order valence-corrected chi connectivity index (χ2v) is 4.91. The third-order valence-corrected chi connectivity index (χ3v) is 3.09. The summed E-state index contributed by atoms with van der Waals surface area (Å²) >= 11 is 0. The van der Waals surface area contributed by atoms with E-state index in [0.717, 1.165) is 0 Å². The Morgan fingerprint density at radius 1 is 1.08 bits per heavy atom. The predicted molar refractivity (Wildman–Crippen MR) is 92.8 cm³/mol. The van der Waals surface area contributed by atoms with Crippen molar-refractivity contribution in [1.29, 1.82) is 0 Å². The van der Waals surface area contributed by atoms with Gasteiger partial charge in [-0.2, -0.15) is 0 Å². The summed E-state index contributed by atoms with van der Waals surface area (Å²) in [7, 11) is 0. The Morgan fingerprint density at radius 2 is 1.83 bits per heavy atom. The predicted octanol–water partition coefficient (Wildman–Crippen LogP) is 4.28. The molecule has 1 amide bonds. The molecule has 0 bridgehead atoms. The lowest BCUT2D eigenvalue weighted by atomic mass is 10.2. The van der Waals surface area contributed by atoms with E-state index >= 15 is 0 Å². The van der Waals surface area contributed by atoms with Gasteiger partial charge in [0, 0.05) is 17.8 Å². The molecule has 2 aromatic carbocycles. The monoisotopic (exact) mass is 329 g/mol. The minimum Gasteiger partial charge on any atom is -0.490 e. The molecule has 0 heterocycles. The van der Waals surface area contributed by atoms with Crippen LogP contribution < -0.4 is 14.8 Å². The Hall–Kier alpha value is -2.82. The largest absolute Gasteiger partial charge is 0.490 e. The molecule has 5 heteroatoms. The molecule has 0 saturated heterocycles. The lowest BCUT2D eigenvalue weighted by molar-refractivity contribution is -0.111. The first-order valence-corrected chi connectivity index (χ1v) is 7.76. The first kappa shape index (κ1) is 17.5. The van der Waals surface area contributed by atoms with Gasteiger partial charge in [0.1, 0.15) is 5.82 Å². The van der Waals surface area contributed by atoms with Crippen molar-refractivity contribution < 1.29 is 18.7 Å². The number of carbonyl (C=O) groups excluding carboxylic acids is 1. The fraction of sp³-hybridized carbons (Fsp3) is 0.211. The van der Waals surface area contributed by atoms with E-state index < -0.39 is 0 Å². The lowest BCUT2D eigenvalue weighted by Gasteiger charge is -2.12. The molecule has 126 valence electrons. The third-order valence-electron chi connectivity index (χ3n) is 3.09. The SMILES string of the molecule is CCOc1ccc(NC(=O)/C=C/c2cccc(F)c2)cc1OCC. The highest BCUT2D eigenvalue weighted by atomic mass is 19.1. The summed E-state index contributed by atoms with van der Waals surface area (Å²) in [5.41, 5.74) is 1.21. The van der Waals surface area contributed by atoms with Crippen LogP contribution in [0.5, 0.6) is 11.5 Å². The van der Waals surface area contributed by atoms with Crippen LogP contribution in [0.3, 0.4) is 0 Å². The number of anilines is 1. The van der Waals surface area contributed by atoms with Crippen LogP contribution in [0, 0.1) is 5.82 Å². The summed E-state index contributed by atoms with van der Waals surface area (Å²) in [6, 6.07) is 11.2. The topological polar surface area (TPSA) is 47.6 Å². The highest BCUT2D eigenvalue weighted by Gasteiger charge is 2.07. The van der Waals surface area contributed by atoms with Crippen LogP contribution in [0.4, 0.5) is 10.1 Å². The number of nitrogens with one attached hydrogen (secondary N) is 1. The van der Waals surface area contributed by atoms with Crippen molar-refractivity contribution in [3.05, 3.63) is 59.9 Å². The van der Waals surface area contributed by atoms with Gasteiger partial charge in [-0.05, 0) is 49.8 Å². The summed E-state index contributed by atoms with van der Waals surface area (Å²) in [6.45, 7) is 4.80. The van der Waals surface area contributed by atoms with Crippen LogP contribution in [0.15, 0.2) is 48.5 Å². The average Bonchev–Trinajstić information content (AvgIpc) is 2.56. The van der Waals surface area contributed by atoms with Crippen LogP contribution >= 0.6 is 0 Å². The van der Waals surface area contributed by atoms with Crippen LogP contribution in [-0.4, -0.2) is 19.1 Å². The van der Waals surface area contributed by atoms with E-state index in [2.05, 4.69) is 5.32 Å². The molecule has 0 aliphatic rings. The maximum atomic E-state index is 13.1. The van der Waals surface area contributed by atoms with Crippen LogP contribution in [0.25, 0.3) is 6.08 Å². The molecule has 0 aliphatic carbocycles. The van der Waals surface area contributed by atoms with Gasteiger partial charge in [-0.15, -0.1) is 0 Å². The van der Waals surface area contributed by atoms with Crippen molar-refractivity contribution >= 4 is 17.7 Å². The van der Waals surface area contributed by atoms with Gasteiger partial charge in [-0.1, -0.05) is 12.1 Å². The zero-order valence-corrected chi connectivity index (χ0v) is 13.7. The van der Waals surface area contributed by atoms with Gasteiger partial charge in [-0.25, -0.2) is 4.39 Å². The Labute approximate surface area is 140 Å². The molecule has 0 aliphatic heterocycles. The van der Waals surface area contributed by atoms with Gasteiger partial charge in [0.05, 0.1) is 13.2 Å². The standard InChI is InChI=1S/C19H20FNO3/c1-3-23-17-10-9-16(13-18(17)24-4-2)21-19(22)11-8-14-6-5-7-15(20)12-14/h5-13H,3-4H2,1-2H3,(H,21,22)/b11-8+. The number of hydrogen-bond acceptors (Lipinski definition) is 3. The number of amides is 1. The Kier molecular flexibility index (Phi) is 6.37. The van der Waals surface area contributed by atoms with Crippen LogP contribution in [-0.2, 0) is 4.79 Å². The summed E-state index contributed by atoms with van der Waals surface area (Å²) < 4.78 is 24.1. The number of halogens is 1. The minimum atomic E-state index is -0.342. The molecule has 1 N–H and O–H groups in total. The molecule has 0 fully saturated rings. The Morgan fingerprint density at radius 3 is 2.54 bits per heavy atom. The zero-order valence-electron chi connectivity index (χ0n) is 13.7. The van der Waals surface area contributed by atoms with Crippen molar-refractivity contribution in [2.24, 2.45) is 0 Å². The highest BCUT2D eigenvalue weighted by molar-refractivity contribution is 6.02. The summed E-state index contributed by atoms with van der Waals surface area (Å²) in [5.74, 6) is 0.551. The molecule has 0 aromatic heterocycles. The van der Waals surface area contributed by atoms with E-state index in [9.17, 15) is 9.18 Å². The Bertz CT molecular complexity index is 728. The number of benzene rings is 2. The molecule has 0 saturated carbocycles. The number of carbonyl (C=O) groups is 1. The number of ether oxygens (including phenoxy) is 2. The minimum absolute atomic E-state index is 0.314. The first-order chi connectivity index (χ1) is 11.6. The quantitative estimate of drug-likeness (QED) is 0.772. The molecule has 2 rings (SSSR count). The highest BCUT2D eigenvalue weighted by Crippen LogP contribution is 2.30. The maximum absolute atomic E-state index is 13.1. The molecular weight excluding hydrogens is 309 g/mol. The van der Waals surface area contributed by atoms with Crippen molar-refractivity contribution in [3.63, 3.8) is 0 Å². The van der Waals surface area contributed by atoms with Crippen molar-refractivity contribution in [2.75, 3.05) is 18.5 Å². The van der Waals surface area contributed by atoms with E-state index in [0.29, 0.717) is 36.0 Å². The van der Waals surface area contributed by atoms with E-state index in [1.807, 2.05) is 13.8 Å². The van der Waals surface area contributed by atoms with E-state index in [4.69, 9.17) is 9.47 Å². The van der Waals surface area contributed by atoms with Crippen molar-refractivity contribution in [1.82, 2.24) is 0 Å². The lowest BCUT2D eigenvalue weighted by Crippen LogP contribution is -2.08. The molecule has 0 spiro atoms. The first-order valence-electron chi connectivity index (χ1n) is 7.76. The molecule has 4 nitrogen and oxygen atoms in total. The van der Waals surface area contributed by atoms with Gasteiger partial charge in [0.2, 0.25) is 5.91 Å². The normalized spacial score (nSPS) is 10.6. The van der Waals surface area contributed by atoms with Crippen LogP contribution in [0.2, 0.25) is 0 Å². The van der Waals surface area contributed by atoms with E-state index in [1.165, 1.54) is 18.2 Å².